The van der Waals surface area contributed by atoms with E-state index in [2.05, 4.69) is 15.5 Å². The Bertz CT molecular complexity index is 775. The summed E-state index contributed by atoms with van der Waals surface area (Å²) in [6.07, 6.45) is 0. The number of thioether (sulfide) groups is 1. The second-order valence-corrected chi connectivity index (χ2v) is 8.03. The molecule has 1 aliphatic rings. The van der Waals surface area contributed by atoms with Crippen molar-refractivity contribution in [3.63, 3.8) is 0 Å². The number of carbonyl (C=O) groups is 1. The molecule has 0 bridgehead atoms. The largest absolute Gasteiger partial charge is 0.370 e. The molecular formula is C19H27FN5O2S+. The number of benzene rings is 1. The third-order valence-corrected chi connectivity index (χ3v) is 5.46. The van der Waals surface area contributed by atoms with Crippen LogP contribution in [0, 0.1) is 5.82 Å². The summed E-state index contributed by atoms with van der Waals surface area (Å²) in [5.41, 5.74) is 0.810. The smallest absolute Gasteiger partial charge is 0.230 e. The summed E-state index contributed by atoms with van der Waals surface area (Å²) in [5.74, 6) is 0.660. The summed E-state index contributed by atoms with van der Waals surface area (Å²) in [4.78, 5) is 13.5. The Hall–Kier alpha value is -1.97. The van der Waals surface area contributed by atoms with Gasteiger partial charge in [0, 0.05) is 11.6 Å². The summed E-state index contributed by atoms with van der Waals surface area (Å²) in [5, 5.41) is 12.2. The van der Waals surface area contributed by atoms with Gasteiger partial charge < -0.3 is 15.0 Å². The first-order valence-electron chi connectivity index (χ1n) is 9.55. The van der Waals surface area contributed by atoms with E-state index in [1.54, 1.807) is 12.1 Å². The predicted molar refractivity (Wildman–Crippen MR) is 106 cm³/mol. The van der Waals surface area contributed by atoms with Crippen LogP contribution in [0.15, 0.2) is 29.4 Å². The highest BCUT2D eigenvalue weighted by atomic mass is 32.2. The van der Waals surface area contributed by atoms with E-state index < -0.39 is 0 Å². The molecule has 7 nitrogen and oxygen atoms in total. The lowest BCUT2D eigenvalue weighted by Crippen LogP contribution is -3.14. The molecule has 1 aliphatic heterocycles. The van der Waals surface area contributed by atoms with Crippen LogP contribution in [0.3, 0.4) is 0 Å². The fourth-order valence-corrected chi connectivity index (χ4v) is 3.86. The minimum atomic E-state index is -0.285. The first-order chi connectivity index (χ1) is 13.5. The SMILES string of the molecule is CC(C)NC(=O)CSc1nnc(-c2ccc(F)cc2)n1CC[NH+]1CCOCC1. The van der Waals surface area contributed by atoms with Gasteiger partial charge in [-0.2, -0.15) is 0 Å². The van der Waals surface area contributed by atoms with Gasteiger partial charge in [0.2, 0.25) is 5.91 Å². The molecule has 1 aromatic heterocycles. The van der Waals surface area contributed by atoms with Crippen LogP contribution in [0.4, 0.5) is 4.39 Å². The molecule has 2 heterocycles. The van der Waals surface area contributed by atoms with Gasteiger partial charge in [0.1, 0.15) is 18.9 Å². The number of carbonyl (C=O) groups excluding carboxylic acids is 1. The van der Waals surface area contributed by atoms with Crippen molar-refractivity contribution >= 4 is 17.7 Å². The number of nitrogens with one attached hydrogen (secondary N) is 2. The van der Waals surface area contributed by atoms with E-state index in [0.29, 0.717) is 11.0 Å². The van der Waals surface area contributed by atoms with E-state index in [4.69, 9.17) is 4.74 Å². The summed E-state index contributed by atoms with van der Waals surface area (Å²) in [6.45, 7) is 9.02. The minimum Gasteiger partial charge on any atom is -0.370 e. The predicted octanol–water partition coefficient (Wildman–Crippen LogP) is 0.616. The summed E-state index contributed by atoms with van der Waals surface area (Å²) in [7, 11) is 0. The molecule has 28 heavy (non-hydrogen) atoms. The molecule has 0 saturated carbocycles. The van der Waals surface area contributed by atoms with E-state index in [-0.39, 0.29) is 23.5 Å². The zero-order valence-corrected chi connectivity index (χ0v) is 17.1. The lowest BCUT2D eigenvalue weighted by Gasteiger charge is -2.24. The van der Waals surface area contributed by atoms with E-state index in [1.165, 1.54) is 28.8 Å². The molecule has 0 spiro atoms. The Morgan fingerprint density at radius 1 is 1.29 bits per heavy atom. The van der Waals surface area contributed by atoms with Crippen LogP contribution in [0.25, 0.3) is 11.4 Å². The van der Waals surface area contributed by atoms with Crippen LogP contribution in [-0.2, 0) is 16.1 Å². The number of amides is 1. The van der Waals surface area contributed by atoms with Gasteiger partial charge in [0.15, 0.2) is 11.0 Å². The van der Waals surface area contributed by atoms with E-state index in [0.717, 1.165) is 45.0 Å². The van der Waals surface area contributed by atoms with Crippen LogP contribution in [0.2, 0.25) is 0 Å². The number of quaternary nitrogens is 1. The topological polar surface area (TPSA) is 73.5 Å². The number of nitrogens with zero attached hydrogens (tertiary/aromatic N) is 3. The van der Waals surface area contributed by atoms with Gasteiger partial charge in [0.05, 0.1) is 32.1 Å². The van der Waals surface area contributed by atoms with Crippen molar-refractivity contribution in [2.75, 3.05) is 38.6 Å². The van der Waals surface area contributed by atoms with E-state index >= 15 is 0 Å². The number of aromatic nitrogens is 3. The Kier molecular flexibility index (Phi) is 7.41. The second kappa shape index (κ2) is 9.99. The Morgan fingerprint density at radius 3 is 2.68 bits per heavy atom. The number of morpholine rings is 1. The lowest BCUT2D eigenvalue weighted by molar-refractivity contribution is -0.908. The Morgan fingerprint density at radius 2 is 2.00 bits per heavy atom. The van der Waals surface area contributed by atoms with Crippen LogP contribution in [0.1, 0.15) is 13.8 Å². The number of ether oxygens (including phenoxy) is 1. The van der Waals surface area contributed by atoms with Gasteiger partial charge >= 0.3 is 0 Å². The van der Waals surface area contributed by atoms with Crippen molar-refractivity contribution in [2.24, 2.45) is 0 Å². The molecule has 1 saturated heterocycles. The number of hydrogen-bond acceptors (Lipinski definition) is 5. The van der Waals surface area contributed by atoms with Crippen molar-refractivity contribution in [2.45, 2.75) is 31.6 Å². The third kappa shape index (κ3) is 5.76. The lowest BCUT2D eigenvalue weighted by atomic mass is 10.2. The first-order valence-corrected chi connectivity index (χ1v) is 10.5. The van der Waals surface area contributed by atoms with E-state index in [1.807, 2.05) is 18.4 Å². The maximum Gasteiger partial charge on any atom is 0.230 e. The highest BCUT2D eigenvalue weighted by Crippen LogP contribution is 2.24. The van der Waals surface area contributed by atoms with Crippen LogP contribution >= 0.6 is 11.8 Å². The molecule has 1 amide bonds. The van der Waals surface area contributed by atoms with Crippen molar-refractivity contribution in [3.8, 4) is 11.4 Å². The van der Waals surface area contributed by atoms with Gasteiger partial charge in [-0.05, 0) is 38.1 Å². The van der Waals surface area contributed by atoms with Crippen LogP contribution < -0.4 is 10.2 Å². The minimum absolute atomic E-state index is 0.0308. The van der Waals surface area contributed by atoms with E-state index in [9.17, 15) is 9.18 Å². The van der Waals surface area contributed by atoms with Crippen molar-refractivity contribution in [3.05, 3.63) is 30.1 Å². The zero-order valence-electron chi connectivity index (χ0n) is 16.3. The molecule has 0 aliphatic carbocycles. The standard InChI is InChI=1S/C19H26FN5O2S/c1-14(2)21-17(26)13-28-19-23-22-18(15-3-5-16(20)6-4-15)25(19)8-7-24-9-11-27-12-10-24/h3-6,14H,7-13H2,1-2H3,(H,21,26)/p+1. The third-order valence-electron chi connectivity index (χ3n) is 4.49. The van der Waals surface area contributed by atoms with Crippen LogP contribution in [0.5, 0.6) is 0 Å². The highest BCUT2D eigenvalue weighted by Gasteiger charge is 2.19. The molecule has 9 heteroatoms. The Labute approximate surface area is 168 Å². The molecule has 0 radical (unpaired) electrons. The molecule has 1 aromatic carbocycles. The Balaban J connectivity index is 1.75. The zero-order chi connectivity index (χ0) is 19.9. The van der Waals surface area contributed by atoms with Crippen LogP contribution in [-0.4, -0.2) is 65.3 Å². The molecule has 0 atom stereocenters. The highest BCUT2D eigenvalue weighted by molar-refractivity contribution is 7.99. The van der Waals surface area contributed by atoms with Gasteiger partial charge in [0.25, 0.3) is 0 Å². The maximum atomic E-state index is 13.3. The summed E-state index contributed by atoms with van der Waals surface area (Å²) in [6, 6.07) is 6.36. The number of rotatable bonds is 8. The maximum absolute atomic E-state index is 13.3. The van der Waals surface area contributed by atoms with Crippen molar-refractivity contribution in [1.82, 2.24) is 20.1 Å². The second-order valence-electron chi connectivity index (χ2n) is 7.09. The molecule has 0 unspecified atom stereocenters. The van der Waals surface area contributed by atoms with Gasteiger partial charge in [-0.3, -0.25) is 9.36 Å². The van der Waals surface area contributed by atoms with Crippen molar-refractivity contribution in [1.29, 1.82) is 0 Å². The number of hydrogen-bond donors (Lipinski definition) is 2. The monoisotopic (exact) mass is 408 g/mol. The molecule has 1 fully saturated rings. The normalized spacial score (nSPS) is 15.1. The number of halogens is 1. The summed E-state index contributed by atoms with van der Waals surface area (Å²) < 4.78 is 20.8. The molecule has 3 rings (SSSR count). The quantitative estimate of drug-likeness (QED) is 0.627. The van der Waals surface area contributed by atoms with Gasteiger partial charge in [-0.15, -0.1) is 10.2 Å². The van der Waals surface area contributed by atoms with Gasteiger partial charge in [-0.1, -0.05) is 11.8 Å². The van der Waals surface area contributed by atoms with Gasteiger partial charge in [-0.25, -0.2) is 4.39 Å². The molecule has 2 aromatic rings. The fourth-order valence-electron chi connectivity index (χ4n) is 3.08. The molecule has 152 valence electrons. The summed E-state index contributed by atoms with van der Waals surface area (Å²) >= 11 is 1.37. The molecule has 2 N–H and O–H groups in total. The molecular weight excluding hydrogens is 381 g/mol. The van der Waals surface area contributed by atoms with Crippen molar-refractivity contribution < 1.29 is 18.8 Å². The average Bonchev–Trinajstić information content (AvgIpc) is 3.08. The average molecular weight is 409 g/mol. The first kappa shape index (κ1) is 20.8. The fraction of sp³-hybridized carbons (Fsp3) is 0.526.